The highest BCUT2D eigenvalue weighted by Crippen LogP contribution is 2.31. The molecule has 4 nitrogen and oxygen atoms in total. The Hall–Kier alpha value is -2.14. The highest BCUT2D eigenvalue weighted by atomic mass is 32.1. The second-order valence-electron chi connectivity index (χ2n) is 5.26. The third-order valence-electron chi connectivity index (χ3n) is 3.53. The maximum Gasteiger partial charge on any atom is 0.0898 e. The van der Waals surface area contributed by atoms with Crippen molar-refractivity contribution in [3.63, 3.8) is 0 Å². The number of nitrogen functional groups attached to an aromatic ring is 1. The van der Waals surface area contributed by atoms with Crippen molar-refractivity contribution in [3.05, 3.63) is 46.2 Å². The van der Waals surface area contributed by atoms with E-state index in [0.717, 1.165) is 45.1 Å². The number of thiazole rings is 1. The minimum atomic E-state index is 0.763. The van der Waals surface area contributed by atoms with E-state index in [1.54, 1.807) is 11.3 Å². The average Bonchev–Trinajstić information content (AvgIpc) is 2.84. The molecule has 0 bridgehead atoms. The van der Waals surface area contributed by atoms with Gasteiger partial charge in [0.15, 0.2) is 0 Å². The van der Waals surface area contributed by atoms with Gasteiger partial charge in [0.2, 0.25) is 0 Å². The van der Waals surface area contributed by atoms with Crippen molar-refractivity contribution >= 4 is 33.5 Å². The number of hydrogen-bond donors (Lipinski definition) is 1. The largest absolute Gasteiger partial charge is 0.398 e. The van der Waals surface area contributed by atoms with Crippen molar-refractivity contribution < 1.29 is 0 Å². The molecule has 0 saturated carbocycles. The SMILES string of the molecule is Cc1cc2c(N(C)Cc3csc(C)n3)ccc(N)c2cn1. The van der Waals surface area contributed by atoms with Gasteiger partial charge in [0.1, 0.15) is 0 Å². The second-order valence-corrected chi connectivity index (χ2v) is 6.32. The third kappa shape index (κ3) is 2.69. The van der Waals surface area contributed by atoms with Crippen LogP contribution >= 0.6 is 11.3 Å². The number of rotatable bonds is 3. The number of aryl methyl sites for hydroxylation is 2. The zero-order valence-electron chi connectivity index (χ0n) is 12.4. The van der Waals surface area contributed by atoms with E-state index in [0.29, 0.717) is 0 Å². The van der Waals surface area contributed by atoms with Crippen LogP contribution in [0.5, 0.6) is 0 Å². The summed E-state index contributed by atoms with van der Waals surface area (Å²) in [4.78, 5) is 11.1. The molecular formula is C16H18N4S. The molecule has 0 amide bonds. The van der Waals surface area contributed by atoms with E-state index in [2.05, 4.69) is 39.4 Å². The summed E-state index contributed by atoms with van der Waals surface area (Å²) < 4.78 is 0. The maximum atomic E-state index is 6.06. The molecule has 0 unspecified atom stereocenters. The van der Waals surface area contributed by atoms with Gasteiger partial charge in [0, 0.05) is 46.5 Å². The lowest BCUT2D eigenvalue weighted by Gasteiger charge is -2.21. The summed E-state index contributed by atoms with van der Waals surface area (Å²) in [5.74, 6) is 0. The Labute approximate surface area is 128 Å². The highest BCUT2D eigenvalue weighted by molar-refractivity contribution is 7.09. The molecule has 108 valence electrons. The van der Waals surface area contributed by atoms with E-state index in [1.165, 1.54) is 0 Å². The van der Waals surface area contributed by atoms with Gasteiger partial charge in [-0.25, -0.2) is 4.98 Å². The van der Waals surface area contributed by atoms with Crippen LogP contribution in [0.2, 0.25) is 0 Å². The predicted octanol–water partition coefficient (Wildman–Crippen LogP) is 3.53. The standard InChI is InChI=1S/C16H18N4S/c1-10-6-13-14(7-18-10)15(17)4-5-16(13)20(3)8-12-9-21-11(2)19-12/h4-7,9H,8,17H2,1-3H3. The number of pyridine rings is 1. The Morgan fingerprint density at radius 3 is 2.76 bits per heavy atom. The lowest BCUT2D eigenvalue weighted by molar-refractivity contribution is 0.894. The van der Waals surface area contributed by atoms with Gasteiger partial charge in [-0.05, 0) is 32.0 Å². The van der Waals surface area contributed by atoms with Crippen LogP contribution in [0.4, 0.5) is 11.4 Å². The Balaban J connectivity index is 2.03. The summed E-state index contributed by atoms with van der Waals surface area (Å²) in [5, 5.41) is 5.34. The first-order valence-electron chi connectivity index (χ1n) is 6.81. The molecule has 3 aromatic rings. The molecule has 21 heavy (non-hydrogen) atoms. The first kappa shape index (κ1) is 13.8. The molecule has 5 heteroatoms. The number of benzene rings is 1. The topological polar surface area (TPSA) is 55.0 Å². The minimum absolute atomic E-state index is 0.763. The Kier molecular flexibility index (Phi) is 3.51. The molecule has 2 heterocycles. The summed E-state index contributed by atoms with van der Waals surface area (Å²) in [6.07, 6.45) is 1.85. The van der Waals surface area contributed by atoms with Gasteiger partial charge < -0.3 is 10.6 Å². The number of fused-ring (bicyclic) bond motifs is 1. The summed E-state index contributed by atoms with van der Waals surface area (Å²) in [6, 6.07) is 6.09. The van der Waals surface area contributed by atoms with Gasteiger partial charge in [-0.3, -0.25) is 4.98 Å². The van der Waals surface area contributed by atoms with Gasteiger partial charge >= 0.3 is 0 Å². The van der Waals surface area contributed by atoms with Gasteiger partial charge in [0.25, 0.3) is 0 Å². The van der Waals surface area contributed by atoms with Crippen LogP contribution in [0.3, 0.4) is 0 Å². The lowest BCUT2D eigenvalue weighted by atomic mass is 10.1. The number of hydrogen-bond acceptors (Lipinski definition) is 5. The molecule has 0 aliphatic heterocycles. The molecule has 0 saturated heterocycles. The van der Waals surface area contributed by atoms with E-state index in [4.69, 9.17) is 5.73 Å². The van der Waals surface area contributed by atoms with Crippen molar-refractivity contribution in [2.75, 3.05) is 17.7 Å². The Morgan fingerprint density at radius 1 is 1.24 bits per heavy atom. The van der Waals surface area contributed by atoms with E-state index in [-0.39, 0.29) is 0 Å². The van der Waals surface area contributed by atoms with Gasteiger partial charge in [-0.2, -0.15) is 0 Å². The molecule has 0 spiro atoms. The Morgan fingerprint density at radius 2 is 2.05 bits per heavy atom. The third-order valence-corrected chi connectivity index (χ3v) is 4.35. The average molecular weight is 298 g/mol. The van der Waals surface area contributed by atoms with E-state index >= 15 is 0 Å². The molecule has 2 N–H and O–H groups in total. The normalized spacial score (nSPS) is 11.0. The molecule has 0 aliphatic rings. The predicted molar refractivity (Wildman–Crippen MR) is 89.9 cm³/mol. The lowest BCUT2D eigenvalue weighted by Crippen LogP contribution is -2.17. The molecule has 0 atom stereocenters. The van der Waals surface area contributed by atoms with E-state index in [9.17, 15) is 0 Å². The fourth-order valence-electron chi connectivity index (χ4n) is 2.49. The summed E-state index contributed by atoms with van der Waals surface area (Å²) in [5.41, 5.74) is 10.1. The van der Waals surface area contributed by atoms with Crippen LogP contribution in [-0.2, 0) is 6.54 Å². The summed E-state index contributed by atoms with van der Waals surface area (Å²) in [6.45, 7) is 4.81. The molecule has 0 fully saturated rings. The van der Waals surface area contributed by atoms with Crippen LogP contribution in [0.25, 0.3) is 10.8 Å². The zero-order valence-corrected chi connectivity index (χ0v) is 13.2. The Bertz CT molecular complexity index is 794. The van der Waals surface area contributed by atoms with Crippen molar-refractivity contribution in [2.45, 2.75) is 20.4 Å². The van der Waals surface area contributed by atoms with E-state index in [1.807, 2.05) is 26.1 Å². The second kappa shape index (κ2) is 5.33. The van der Waals surface area contributed by atoms with Gasteiger partial charge in [0.05, 0.1) is 17.2 Å². The van der Waals surface area contributed by atoms with Crippen LogP contribution in [-0.4, -0.2) is 17.0 Å². The number of nitrogens with zero attached hydrogens (tertiary/aromatic N) is 3. The smallest absolute Gasteiger partial charge is 0.0898 e. The van der Waals surface area contributed by atoms with E-state index < -0.39 is 0 Å². The van der Waals surface area contributed by atoms with Crippen LogP contribution in [0, 0.1) is 13.8 Å². The molecule has 2 aromatic heterocycles. The minimum Gasteiger partial charge on any atom is -0.398 e. The molecule has 1 aromatic carbocycles. The fraction of sp³-hybridized carbons (Fsp3) is 0.250. The molecule has 3 rings (SSSR count). The zero-order chi connectivity index (χ0) is 15.0. The van der Waals surface area contributed by atoms with Crippen molar-refractivity contribution in [1.29, 1.82) is 0 Å². The first-order valence-corrected chi connectivity index (χ1v) is 7.69. The van der Waals surface area contributed by atoms with Crippen LogP contribution in [0.1, 0.15) is 16.4 Å². The number of anilines is 2. The molecule has 0 radical (unpaired) electrons. The fourth-order valence-corrected chi connectivity index (χ4v) is 3.10. The number of aromatic nitrogens is 2. The molecular weight excluding hydrogens is 280 g/mol. The summed E-state index contributed by atoms with van der Waals surface area (Å²) in [7, 11) is 2.08. The quantitative estimate of drug-likeness (QED) is 0.752. The van der Waals surface area contributed by atoms with Crippen molar-refractivity contribution in [2.24, 2.45) is 0 Å². The van der Waals surface area contributed by atoms with Gasteiger partial charge in [-0.15, -0.1) is 11.3 Å². The van der Waals surface area contributed by atoms with Crippen LogP contribution < -0.4 is 10.6 Å². The van der Waals surface area contributed by atoms with Crippen molar-refractivity contribution in [3.8, 4) is 0 Å². The van der Waals surface area contributed by atoms with Crippen LogP contribution in [0.15, 0.2) is 29.8 Å². The monoisotopic (exact) mass is 298 g/mol. The highest BCUT2D eigenvalue weighted by Gasteiger charge is 2.11. The first-order chi connectivity index (χ1) is 10.0. The maximum absolute atomic E-state index is 6.06. The molecule has 0 aliphatic carbocycles. The van der Waals surface area contributed by atoms with Crippen molar-refractivity contribution in [1.82, 2.24) is 9.97 Å². The van der Waals surface area contributed by atoms with Gasteiger partial charge in [-0.1, -0.05) is 0 Å². The number of nitrogens with two attached hydrogens (primary N) is 1. The summed E-state index contributed by atoms with van der Waals surface area (Å²) >= 11 is 1.68.